The summed E-state index contributed by atoms with van der Waals surface area (Å²) in [4.78, 5) is 2.19. The predicted octanol–water partition coefficient (Wildman–Crippen LogP) is 1.04. The minimum absolute atomic E-state index is 0.0858. The second-order valence-corrected chi connectivity index (χ2v) is 4.92. The van der Waals surface area contributed by atoms with Crippen molar-refractivity contribution in [3.05, 3.63) is 23.7 Å². The molecule has 1 aliphatic heterocycles. The minimum Gasteiger partial charge on any atom is -0.465 e. The molecule has 90 valence electrons. The lowest BCUT2D eigenvalue weighted by atomic mass is 10.1. The lowest BCUT2D eigenvalue weighted by Crippen LogP contribution is -2.35. The number of nitrogens with two attached hydrogens (primary N) is 1. The Morgan fingerprint density at radius 3 is 2.81 bits per heavy atom. The van der Waals surface area contributed by atoms with Crippen molar-refractivity contribution in [1.82, 2.24) is 4.90 Å². The maximum absolute atomic E-state index is 9.95. The van der Waals surface area contributed by atoms with Crippen LogP contribution in [0.15, 0.2) is 16.5 Å². The first-order valence-electron chi connectivity index (χ1n) is 5.75. The van der Waals surface area contributed by atoms with Crippen molar-refractivity contribution in [3.8, 4) is 0 Å². The molecule has 4 heteroatoms. The molecule has 1 aromatic rings. The van der Waals surface area contributed by atoms with Gasteiger partial charge in [-0.2, -0.15) is 0 Å². The maximum Gasteiger partial charge on any atom is 0.122 e. The number of β-amino-alcohol motifs (C(OH)–C–C–N with tert-alkyl or cyclic N) is 1. The smallest absolute Gasteiger partial charge is 0.122 e. The van der Waals surface area contributed by atoms with Gasteiger partial charge in [-0.15, -0.1) is 0 Å². The zero-order chi connectivity index (χ0) is 11.8. The first-order chi connectivity index (χ1) is 7.52. The molecule has 1 aliphatic rings. The van der Waals surface area contributed by atoms with Gasteiger partial charge in [0.1, 0.15) is 11.5 Å². The molecule has 2 atom stereocenters. The summed E-state index contributed by atoms with van der Waals surface area (Å²) in [6.07, 6.45) is 0.795. The monoisotopic (exact) mass is 224 g/mol. The molecular weight excluding hydrogens is 204 g/mol. The lowest BCUT2D eigenvalue weighted by molar-refractivity contribution is 0.0608. The van der Waals surface area contributed by atoms with Gasteiger partial charge in [-0.05, 0) is 32.4 Å². The highest BCUT2D eigenvalue weighted by Gasteiger charge is 2.35. The first kappa shape index (κ1) is 11.6. The van der Waals surface area contributed by atoms with E-state index in [1.54, 1.807) is 0 Å². The van der Waals surface area contributed by atoms with Crippen molar-refractivity contribution in [3.63, 3.8) is 0 Å². The summed E-state index contributed by atoms with van der Waals surface area (Å²) in [5.74, 6) is 1.80. The topological polar surface area (TPSA) is 62.6 Å². The van der Waals surface area contributed by atoms with E-state index < -0.39 is 5.60 Å². The van der Waals surface area contributed by atoms with Gasteiger partial charge in [-0.25, -0.2) is 0 Å². The molecule has 16 heavy (non-hydrogen) atoms. The van der Waals surface area contributed by atoms with Crippen molar-refractivity contribution in [2.45, 2.75) is 31.9 Å². The van der Waals surface area contributed by atoms with E-state index >= 15 is 0 Å². The fourth-order valence-electron chi connectivity index (χ4n) is 2.32. The average Bonchev–Trinajstić information content (AvgIpc) is 2.75. The van der Waals surface area contributed by atoms with E-state index in [9.17, 15) is 5.11 Å². The fraction of sp³-hybridized carbons (Fsp3) is 0.667. The van der Waals surface area contributed by atoms with Crippen molar-refractivity contribution in [2.75, 3.05) is 19.6 Å². The van der Waals surface area contributed by atoms with Gasteiger partial charge in [0.15, 0.2) is 0 Å². The number of nitrogens with zero attached hydrogens (tertiary/aromatic N) is 1. The van der Waals surface area contributed by atoms with Crippen LogP contribution in [0.1, 0.15) is 30.9 Å². The summed E-state index contributed by atoms with van der Waals surface area (Å²) >= 11 is 0. The van der Waals surface area contributed by atoms with E-state index in [1.807, 2.05) is 26.0 Å². The zero-order valence-electron chi connectivity index (χ0n) is 9.94. The Bertz CT molecular complexity index is 360. The summed E-state index contributed by atoms with van der Waals surface area (Å²) < 4.78 is 5.61. The molecule has 0 amide bonds. The Hall–Kier alpha value is -0.840. The number of rotatable bonds is 3. The molecule has 2 heterocycles. The third-order valence-electron chi connectivity index (χ3n) is 3.23. The van der Waals surface area contributed by atoms with E-state index in [-0.39, 0.29) is 6.04 Å². The largest absolute Gasteiger partial charge is 0.465 e. The molecule has 0 spiro atoms. The molecule has 0 bridgehead atoms. The van der Waals surface area contributed by atoms with Crippen LogP contribution in [-0.2, 0) is 0 Å². The minimum atomic E-state index is -0.588. The van der Waals surface area contributed by atoms with Crippen molar-refractivity contribution < 1.29 is 9.52 Å². The Labute approximate surface area is 96.0 Å². The van der Waals surface area contributed by atoms with Gasteiger partial charge in [0.25, 0.3) is 0 Å². The van der Waals surface area contributed by atoms with Crippen LogP contribution in [0.3, 0.4) is 0 Å². The third kappa shape index (κ3) is 2.29. The van der Waals surface area contributed by atoms with Crippen molar-refractivity contribution >= 4 is 0 Å². The highest BCUT2D eigenvalue weighted by Crippen LogP contribution is 2.29. The van der Waals surface area contributed by atoms with Crippen LogP contribution < -0.4 is 5.73 Å². The van der Waals surface area contributed by atoms with E-state index in [0.717, 1.165) is 24.5 Å². The summed E-state index contributed by atoms with van der Waals surface area (Å²) in [7, 11) is 0. The first-order valence-corrected chi connectivity index (χ1v) is 5.75. The molecule has 4 nitrogen and oxygen atoms in total. The summed E-state index contributed by atoms with van der Waals surface area (Å²) in [6.45, 7) is 5.84. The van der Waals surface area contributed by atoms with Crippen LogP contribution in [-0.4, -0.2) is 35.2 Å². The number of likely N-dealkylation sites (tertiary alicyclic amines) is 1. The number of hydrogen-bond donors (Lipinski definition) is 2. The van der Waals surface area contributed by atoms with E-state index in [1.165, 1.54) is 0 Å². The molecule has 0 aromatic carbocycles. The molecule has 3 N–H and O–H groups in total. The standard InChI is InChI=1S/C12H20N2O2/c1-9-3-4-11(16-9)10(7-13)14-6-5-12(2,15)8-14/h3-4,10,15H,5-8,13H2,1-2H3. The summed E-state index contributed by atoms with van der Waals surface area (Å²) in [5.41, 5.74) is 5.21. The normalized spacial score (nSPS) is 28.5. The second-order valence-electron chi connectivity index (χ2n) is 4.92. The molecule has 1 aromatic heterocycles. The van der Waals surface area contributed by atoms with Gasteiger partial charge < -0.3 is 15.3 Å². The van der Waals surface area contributed by atoms with Crippen LogP contribution in [0.4, 0.5) is 0 Å². The Balaban J connectivity index is 2.12. The quantitative estimate of drug-likeness (QED) is 0.805. The molecule has 2 rings (SSSR count). The summed E-state index contributed by atoms with van der Waals surface area (Å²) in [5, 5.41) is 9.95. The number of furan rings is 1. The molecule has 1 fully saturated rings. The van der Waals surface area contributed by atoms with Crippen LogP contribution in [0.2, 0.25) is 0 Å². The molecule has 0 aliphatic carbocycles. The van der Waals surface area contributed by atoms with Crippen LogP contribution in [0.5, 0.6) is 0 Å². The Kier molecular flexibility index (Phi) is 3.06. The molecular formula is C12H20N2O2. The SMILES string of the molecule is Cc1ccc(C(CN)N2CCC(C)(O)C2)o1. The number of aliphatic hydroxyl groups is 1. The lowest BCUT2D eigenvalue weighted by Gasteiger charge is -2.25. The zero-order valence-corrected chi connectivity index (χ0v) is 9.94. The van der Waals surface area contributed by atoms with E-state index in [2.05, 4.69) is 4.90 Å². The maximum atomic E-state index is 9.95. The van der Waals surface area contributed by atoms with Crippen LogP contribution >= 0.6 is 0 Å². The molecule has 0 radical (unpaired) electrons. The van der Waals surface area contributed by atoms with Gasteiger partial charge in [0.2, 0.25) is 0 Å². The van der Waals surface area contributed by atoms with Crippen LogP contribution in [0, 0.1) is 6.92 Å². The van der Waals surface area contributed by atoms with Gasteiger partial charge in [0, 0.05) is 19.6 Å². The molecule has 2 unspecified atom stereocenters. The van der Waals surface area contributed by atoms with Gasteiger partial charge in [-0.3, -0.25) is 4.90 Å². The van der Waals surface area contributed by atoms with E-state index in [0.29, 0.717) is 13.1 Å². The fourth-order valence-corrected chi connectivity index (χ4v) is 2.32. The molecule has 0 saturated carbocycles. The second kappa shape index (κ2) is 4.20. The molecule has 1 saturated heterocycles. The Morgan fingerprint density at radius 1 is 1.62 bits per heavy atom. The highest BCUT2D eigenvalue weighted by molar-refractivity contribution is 5.11. The number of aryl methyl sites for hydroxylation is 1. The van der Waals surface area contributed by atoms with Crippen molar-refractivity contribution in [1.29, 1.82) is 0 Å². The third-order valence-corrected chi connectivity index (χ3v) is 3.23. The number of hydrogen-bond acceptors (Lipinski definition) is 4. The summed E-state index contributed by atoms with van der Waals surface area (Å²) in [6, 6.07) is 4.01. The average molecular weight is 224 g/mol. The van der Waals surface area contributed by atoms with Gasteiger partial charge >= 0.3 is 0 Å². The Morgan fingerprint density at radius 2 is 2.38 bits per heavy atom. The highest BCUT2D eigenvalue weighted by atomic mass is 16.3. The van der Waals surface area contributed by atoms with Gasteiger partial charge in [0.05, 0.1) is 11.6 Å². The van der Waals surface area contributed by atoms with Crippen LogP contribution in [0.25, 0.3) is 0 Å². The van der Waals surface area contributed by atoms with E-state index in [4.69, 9.17) is 10.2 Å². The van der Waals surface area contributed by atoms with Crippen molar-refractivity contribution in [2.24, 2.45) is 5.73 Å². The van der Waals surface area contributed by atoms with Gasteiger partial charge in [-0.1, -0.05) is 0 Å². The predicted molar refractivity (Wildman–Crippen MR) is 62.1 cm³/mol.